The summed E-state index contributed by atoms with van der Waals surface area (Å²) in [5.74, 6) is -0.275. The summed E-state index contributed by atoms with van der Waals surface area (Å²) < 4.78 is 28.6. The van der Waals surface area contributed by atoms with E-state index < -0.39 is 46.8 Å². The van der Waals surface area contributed by atoms with Crippen LogP contribution in [0.25, 0.3) is 0 Å². The van der Waals surface area contributed by atoms with Gasteiger partial charge in [0.25, 0.3) is 5.91 Å². The van der Waals surface area contributed by atoms with E-state index in [-0.39, 0.29) is 40.5 Å². The quantitative estimate of drug-likeness (QED) is 0.420. The molecule has 4 rings (SSSR count). The third-order valence-electron chi connectivity index (χ3n) is 8.40. The van der Waals surface area contributed by atoms with Crippen molar-refractivity contribution in [1.82, 2.24) is 9.55 Å². The second kappa shape index (κ2) is 11.8. The van der Waals surface area contributed by atoms with Crippen molar-refractivity contribution in [2.24, 2.45) is 0 Å². The molecule has 2 N–H and O–H groups in total. The van der Waals surface area contributed by atoms with Crippen molar-refractivity contribution in [1.29, 1.82) is 0 Å². The van der Waals surface area contributed by atoms with Crippen LogP contribution in [0.1, 0.15) is 78.9 Å². The summed E-state index contributed by atoms with van der Waals surface area (Å²) in [6.45, 7) is 18.8. The number of hydrogen-bond donors (Lipinski definition) is 2. The number of aromatic nitrogens is 2. The minimum absolute atomic E-state index is 0.0703. The van der Waals surface area contributed by atoms with Crippen LogP contribution in [0.5, 0.6) is 0 Å². The molecule has 10 nitrogen and oxygen atoms in total. The highest BCUT2D eigenvalue weighted by atomic mass is 28.5. The van der Waals surface area contributed by atoms with Gasteiger partial charge in [0.2, 0.25) is 0 Å². The Morgan fingerprint density at radius 2 is 1.59 bits per heavy atom. The van der Waals surface area contributed by atoms with Gasteiger partial charge in [-0.15, -0.1) is 0 Å². The SMILES string of the molecule is CC(C)[Si]1(C(C)C)OC[C@@H]2O[C@@H](n3ccc(NC(=O)c4ccccc4)nc3=O)[C@@](C)(O)C2O[Si](C(C)C)(C(C)C)O1. The van der Waals surface area contributed by atoms with E-state index in [4.69, 9.17) is 17.7 Å². The van der Waals surface area contributed by atoms with E-state index in [1.165, 1.54) is 16.8 Å². The minimum atomic E-state index is -3.01. The number of aliphatic hydroxyl groups is 1. The molecule has 0 spiro atoms. The van der Waals surface area contributed by atoms with Gasteiger partial charge in [-0.2, -0.15) is 4.98 Å². The zero-order chi connectivity index (χ0) is 30.3. The first-order valence-electron chi connectivity index (χ1n) is 14.5. The van der Waals surface area contributed by atoms with Gasteiger partial charge in [-0.1, -0.05) is 73.6 Å². The number of carbonyl (C=O) groups excluding carboxylic acids is 1. The van der Waals surface area contributed by atoms with Crippen LogP contribution >= 0.6 is 0 Å². The van der Waals surface area contributed by atoms with Crippen LogP contribution in [0.15, 0.2) is 47.4 Å². The van der Waals surface area contributed by atoms with Crippen LogP contribution in [-0.4, -0.2) is 62.1 Å². The summed E-state index contributed by atoms with van der Waals surface area (Å²) >= 11 is 0. The Morgan fingerprint density at radius 3 is 2.12 bits per heavy atom. The van der Waals surface area contributed by atoms with E-state index >= 15 is 0 Å². The van der Waals surface area contributed by atoms with Gasteiger partial charge in [-0.05, 0) is 47.3 Å². The normalized spacial score (nSPS) is 27.6. The molecule has 2 fully saturated rings. The van der Waals surface area contributed by atoms with Crippen molar-refractivity contribution < 1.29 is 27.6 Å². The lowest BCUT2D eigenvalue weighted by molar-refractivity contribution is -0.0973. The van der Waals surface area contributed by atoms with E-state index in [0.29, 0.717) is 5.56 Å². The van der Waals surface area contributed by atoms with Crippen LogP contribution < -0.4 is 11.0 Å². The third-order valence-corrected chi connectivity index (χ3v) is 18.6. The number of nitrogens with one attached hydrogen (secondary N) is 1. The van der Waals surface area contributed by atoms with Gasteiger partial charge >= 0.3 is 22.8 Å². The number of amides is 1. The van der Waals surface area contributed by atoms with E-state index in [1.54, 1.807) is 31.2 Å². The molecule has 1 aromatic carbocycles. The Balaban J connectivity index is 1.69. The predicted molar refractivity (Wildman–Crippen MR) is 161 cm³/mol. The highest BCUT2D eigenvalue weighted by molar-refractivity contribution is 6.84. The zero-order valence-corrected chi connectivity index (χ0v) is 27.6. The van der Waals surface area contributed by atoms with Gasteiger partial charge in [-0.3, -0.25) is 9.36 Å². The van der Waals surface area contributed by atoms with E-state index in [1.807, 2.05) is 6.07 Å². The number of hydrogen-bond acceptors (Lipinski definition) is 8. The molecule has 0 bridgehead atoms. The van der Waals surface area contributed by atoms with Crippen molar-refractivity contribution in [2.45, 2.75) is 109 Å². The standard InChI is InChI=1S/C29H45N3O7Si2/c1-18(2)40(19(3)4)36-17-23-25(38-41(39-40,20(5)6)21(7)8)29(9,35)27(37-23)32-16-15-24(31-28(32)34)30-26(33)22-13-11-10-12-14-22/h10-16,18-21,23,25,27,35H,17H2,1-9H3,(H,30,31,33,34)/t23-,25?,27+,29-/m0/s1. The number of carbonyl (C=O) groups is 1. The molecule has 2 aliphatic heterocycles. The van der Waals surface area contributed by atoms with Crippen molar-refractivity contribution in [3.63, 3.8) is 0 Å². The summed E-state index contributed by atoms with van der Waals surface area (Å²) in [6, 6.07) is 10.2. The maximum Gasteiger partial charge on any atom is 0.351 e. The first-order valence-corrected chi connectivity index (χ1v) is 18.4. The lowest BCUT2D eigenvalue weighted by Gasteiger charge is -2.52. The van der Waals surface area contributed by atoms with E-state index in [0.717, 1.165) is 0 Å². The van der Waals surface area contributed by atoms with Gasteiger partial charge in [-0.25, -0.2) is 4.79 Å². The Morgan fingerprint density at radius 1 is 1.00 bits per heavy atom. The fourth-order valence-corrected chi connectivity index (χ4v) is 17.4. The smallest absolute Gasteiger partial charge is 0.351 e. The first-order chi connectivity index (χ1) is 19.2. The molecular weight excluding hydrogens is 559 g/mol. The predicted octanol–water partition coefficient (Wildman–Crippen LogP) is 5.10. The largest absolute Gasteiger partial charge is 0.414 e. The van der Waals surface area contributed by atoms with E-state index in [9.17, 15) is 14.7 Å². The van der Waals surface area contributed by atoms with Crippen LogP contribution in [0.2, 0.25) is 22.2 Å². The summed E-state index contributed by atoms with van der Waals surface area (Å²) in [4.78, 5) is 29.9. The van der Waals surface area contributed by atoms with Gasteiger partial charge in [0.05, 0.1) is 6.61 Å². The molecule has 0 radical (unpaired) electrons. The second-order valence-corrected chi connectivity index (χ2v) is 21.4. The van der Waals surface area contributed by atoms with Crippen LogP contribution in [0, 0.1) is 0 Å². The second-order valence-electron chi connectivity index (χ2n) is 12.6. The van der Waals surface area contributed by atoms with Gasteiger partial charge in [0.15, 0.2) is 6.23 Å². The van der Waals surface area contributed by atoms with Crippen LogP contribution in [0.4, 0.5) is 5.82 Å². The molecule has 1 amide bonds. The molecule has 1 unspecified atom stereocenters. The highest BCUT2D eigenvalue weighted by Gasteiger charge is 2.64. The van der Waals surface area contributed by atoms with Gasteiger partial charge in [0, 0.05) is 11.8 Å². The zero-order valence-electron chi connectivity index (χ0n) is 25.6. The molecule has 1 aromatic heterocycles. The van der Waals surface area contributed by atoms with Crippen molar-refractivity contribution in [3.8, 4) is 0 Å². The maximum atomic E-state index is 13.2. The van der Waals surface area contributed by atoms with Crippen molar-refractivity contribution in [2.75, 3.05) is 11.9 Å². The van der Waals surface area contributed by atoms with Crippen molar-refractivity contribution in [3.05, 3.63) is 58.6 Å². The molecule has 2 aromatic rings. The molecule has 0 saturated carbocycles. The Kier molecular flexibility index (Phi) is 9.15. The average molecular weight is 604 g/mol. The molecular formula is C29H45N3O7Si2. The number of anilines is 1. The Labute approximate surface area is 244 Å². The molecule has 12 heteroatoms. The highest BCUT2D eigenvalue weighted by Crippen LogP contribution is 2.50. The number of rotatable bonds is 7. The molecule has 2 saturated heterocycles. The summed E-state index contributed by atoms with van der Waals surface area (Å²) in [5.41, 5.74) is -1.36. The third kappa shape index (κ3) is 5.75. The average Bonchev–Trinajstić information content (AvgIpc) is 3.12. The monoisotopic (exact) mass is 603 g/mol. The number of ether oxygens (including phenoxy) is 1. The maximum absolute atomic E-state index is 13.2. The van der Waals surface area contributed by atoms with Gasteiger partial charge < -0.3 is 28.1 Å². The lowest BCUT2D eigenvalue weighted by Crippen LogP contribution is -2.67. The summed E-state index contributed by atoms with van der Waals surface area (Å²) in [5, 5.41) is 14.6. The lowest BCUT2D eigenvalue weighted by atomic mass is 9.96. The van der Waals surface area contributed by atoms with Crippen molar-refractivity contribution >= 4 is 28.8 Å². The summed E-state index contributed by atoms with van der Waals surface area (Å²) in [7, 11) is -5.81. The Bertz CT molecular complexity index is 1270. The van der Waals surface area contributed by atoms with Crippen LogP contribution in [0.3, 0.4) is 0 Å². The molecule has 3 heterocycles. The number of fused-ring (bicyclic) bond motifs is 1. The summed E-state index contributed by atoms with van der Waals surface area (Å²) in [6.07, 6.45) is -1.03. The van der Waals surface area contributed by atoms with Crippen LogP contribution in [-0.2, 0) is 17.7 Å². The fourth-order valence-electron chi connectivity index (χ4n) is 6.12. The number of nitrogens with zero attached hydrogens (tertiary/aromatic N) is 2. The van der Waals surface area contributed by atoms with Gasteiger partial charge in [0.1, 0.15) is 23.6 Å². The molecule has 41 heavy (non-hydrogen) atoms. The molecule has 4 atom stereocenters. The molecule has 226 valence electrons. The Hall–Kier alpha value is -2.20. The van der Waals surface area contributed by atoms with E-state index in [2.05, 4.69) is 65.7 Å². The molecule has 2 aliphatic rings. The first kappa shape index (κ1) is 31.7. The minimum Gasteiger partial charge on any atom is -0.414 e. The topological polar surface area (TPSA) is 121 Å². The molecule has 0 aliphatic carbocycles. The fraction of sp³-hybridized carbons (Fsp3) is 0.621. The number of benzene rings is 1.